The molecule has 0 amide bonds. The van der Waals surface area contributed by atoms with Gasteiger partial charge in [-0.2, -0.15) is 0 Å². The van der Waals surface area contributed by atoms with Crippen LogP contribution in [0, 0.1) is 0 Å². The third kappa shape index (κ3) is 0.887. The largest absolute Gasteiger partial charge is 0.397 e. The maximum atomic E-state index is 11.1. The van der Waals surface area contributed by atoms with Crippen molar-refractivity contribution in [3.63, 3.8) is 0 Å². The van der Waals surface area contributed by atoms with E-state index in [-0.39, 0.29) is 5.56 Å². The van der Waals surface area contributed by atoms with Crippen molar-refractivity contribution in [3.05, 3.63) is 27.5 Å². The summed E-state index contributed by atoms with van der Waals surface area (Å²) in [5, 5.41) is 6.04. The zero-order valence-electron chi connectivity index (χ0n) is 6.02. The van der Waals surface area contributed by atoms with Crippen molar-refractivity contribution in [2.75, 3.05) is 5.73 Å². The van der Waals surface area contributed by atoms with Crippen molar-refractivity contribution >= 4 is 28.2 Å². The lowest BCUT2D eigenvalue weighted by molar-refractivity contribution is 1.08. The molecule has 0 bridgehead atoms. The molecular formula is C7H6ClN3O. The molecule has 5 heteroatoms. The minimum absolute atomic E-state index is 0.209. The third-order valence-corrected chi connectivity index (χ3v) is 1.90. The van der Waals surface area contributed by atoms with Gasteiger partial charge >= 0.3 is 0 Å². The molecule has 0 saturated heterocycles. The summed E-state index contributed by atoms with van der Waals surface area (Å²) in [5.41, 5.74) is 6.46. The molecule has 0 aliphatic heterocycles. The van der Waals surface area contributed by atoms with Crippen LogP contribution in [-0.2, 0) is 0 Å². The van der Waals surface area contributed by atoms with Crippen molar-refractivity contribution in [2.24, 2.45) is 0 Å². The molecule has 0 unspecified atom stereocenters. The highest BCUT2D eigenvalue weighted by molar-refractivity contribution is 6.31. The summed E-state index contributed by atoms with van der Waals surface area (Å²) in [5.74, 6) is 0. The topological polar surface area (TPSA) is 74.7 Å². The number of nitrogen functional groups attached to an aromatic ring is 1. The number of aromatic nitrogens is 2. The van der Waals surface area contributed by atoms with Crippen LogP contribution < -0.4 is 11.3 Å². The summed E-state index contributed by atoms with van der Waals surface area (Å²) < 4.78 is 0. The van der Waals surface area contributed by atoms with Crippen LogP contribution >= 0.6 is 11.6 Å². The van der Waals surface area contributed by atoms with E-state index in [2.05, 4.69) is 10.2 Å². The molecule has 2 aromatic rings. The number of hydrogen-bond acceptors (Lipinski definition) is 2. The van der Waals surface area contributed by atoms with E-state index >= 15 is 0 Å². The van der Waals surface area contributed by atoms with E-state index in [1.807, 2.05) is 0 Å². The number of fused-ring (bicyclic) bond motifs is 1. The molecule has 0 fully saturated rings. The average molecular weight is 184 g/mol. The van der Waals surface area contributed by atoms with Gasteiger partial charge in [0.05, 0.1) is 16.6 Å². The quantitative estimate of drug-likeness (QED) is 0.535. The molecule has 1 aromatic carbocycles. The maximum absolute atomic E-state index is 11.1. The van der Waals surface area contributed by atoms with Crippen LogP contribution in [0.5, 0.6) is 0 Å². The molecule has 0 atom stereocenters. The fraction of sp³-hybridized carbons (Fsp3) is 0. The molecule has 4 nitrogen and oxygen atoms in total. The standard InChI is InChI=1S/C7H6ClN3O/c8-3-1-4-6(5(9)2-3)10-11-7(4)12/h1-2H,9H2,(H2,10,11,12). The minimum Gasteiger partial charge on any atom is -0.397 e. The lowest BCUT2D eigenvalue weighted by atomic mass is 10.2. The second-order valence-electron chi connectivity index (χ2n) is 2.50. The Bertz CT molecular complexity index is 485. The van der Waals surface area contributed by atoms with Gasteiger partial charge in [-0.15, -0.1) is 0 Å². The van der Waals surface area contributed by atoms with Crippen LogP contribution in [0.15, 0.2) is 16.9 Å². The van der Waals surface area contributed by atoms with Crippen molar-refractivity contribution in [1.29, 1.82) is 0 Å². The number of halogens is 1. The molecule has 12 heavy (non-hydrogen) atoms. The Hall–Kier alpha value is -1.42. The van der Waals surface area contributed by atoms with Crippen molar-refractivity contribution in [1.82, 2.24) is 10.2 Å². The number of nitrogens with one attached hydrogen (secondary N) is 2. The first-order chi connectivity index (χ1) is 5.68. The van der Waals surface area contributed by atoms with Gasteiger partial charge in [0, 0.05) is 5.02 Å². The normalized spacial score (nSPS) is 10.8. The van der Waals surface area contributed by atoms with Crippen LogP contribution in [0.4, 0.5) is 5.69 Å². The Morgan fingerprint density at radius 3 is 2.83 bits per heavy atom. The van der Waals surface area contributed by atoms with E-state index in [0.717, 1.165) is 0 Å². The van der Waals surface area contributed by atoms with E-state index in [1.165, 1.54) is 0 Å². The van der Waals surface area contributed by atoms with E-state index < -0.39 is 0 Å². The smallest absolute Gasteiger partial charge is 0.271 e. The highest BCUT2D eigenvalue weighted by Gasteiger charge is 2.04. The predicted molar refractivity (Wildman–Crippen MR) is 48.3 cm³/mol. The first-order valence-electron chi connectivity index (χ1n) is 3.34. The van der Waals surface area contributed by atoms with E-state index in [9.17, 15) is 4.79 Å². The number of hydrogen-bond donors (Lipinski definition) is 3. The maximum Gasteiger partial charge on any atom is 0.271 e. The molecule has 2 rings (SSSR count). The summed E-state index contributed by atoms with van der Waals surface area (Å²) in [7, 11) is 0. The monoisotopic (exact) mass is 183 g/mol. The molecule has 4 N–H and O–H groups in total. The lowest BCUT2D eigenvalue weighted by Crippen LogP contribution is -1.97. The van der Waals surface area contributed by atoms with Crippen molar-refractivity contribution < 1.29 is 0 Å². The van der Waals surface area contributed by atoms with Gasteiger partial charge in [-0.3, -0.25) is 15.0 Å². The number of nitrogens with two attached hydrogens (primary N) is 1. The third-order valence-electron chi connectivity index (χ3n) is 1.68. The highest BCUT2D eigenvalue weighted by Crippen LogP contribution is 2.21. The summed E-state index contributed by atoms with van der Waals surface area (Å²) in [6.07, 6.45) is 0. The molecule has 0 aliphatic carbocycles. The Balaban J connectivity index is 3.02. The molecule has 1 heterocycles. The van der Waals surface area contributed by atoms with Crippen LogP contribution in [0.1, 0.15) is 0 Å². The van der Waals surface area contributed by atoms with Gasteiger partial charge in [-0.1, -0.05) is 11.6 Å². The first-order valence-corrected chi connectivity index (χ1v) is 3.71. The Morgan fingerprint density at radius 2 is 2.08 bits per heavy atom. The summed E-state index contributed by atoms with van der Waals surface area (Å²) in [4.78, 5) is 11.1. The first kappa shape index (κ1) is 7.24. The molecule has 0 saturated carbocycles. The number of rotatable bonds is 0. The average Bonchev–Trinajstić information content (AvgIpc) is 2.33. The Kier molecular flexibility index (Phi) is 1.38. The van der Waals surface area contributed by atoms with Crippen LogP contribution in [0.25, 0.3) is 10.9 Å². The zero-order chi connectivity index (χ0) is 8.72. The second kappa shape index (κ2) is 2.28. The van der Waals surface area contributed by atoms with Gasteiger partial charge in [-0.05, 0) is 12.1 Å². The van der Waals surface area contributed by atoms with Gasteiger partial charge in [-0.25, -0.2) is 0 Å². The summed E-state index contributed by atoms with van der Waals surface area (Å²) in [6.45, 7) is 0. The number of anilines is 1. The highest BCUT2D eigenvalue weighted by atomic mass is 35.5. The van der Waals surface area contributed by atoms with Gasteiger partial charge in [0.1, 0.15) is 0 Å². The van der Waals surface area contributed by atoms with Crippen molar-refractivity contribution in [2.45, 2.75) is 0 Å². The van der Waals surface area contributed by atoms with E-state index in [1.54, 1.807) is 12.1 Å². The number of aromatic amines is 2. The fourth-order valence-corrected chi connectivity index (χ4v) is 1.36. The number of H-pyrrole nitrogens is 2. The fourth-order valence-electron chi connectivity index (χ4n) is 1.13. The molecule has 1 aromatic heterocycles. The molecule has 0 radical (unpaired) electrons. The molecule has 62 valence electrons. The van der Waals surface area contributed by atoms with Gasteiger partial charge in [0.15, 0.2) is 0 Å². The summed E-state index contributed by atoms with van der Waals surface area (Å²) in [6, 6.07) is 3.16. The Labute approximate surface area is 72.3 Å². The van der Waals surface area contributed by atoms with Crippen LogP contribution in [0.3, 0.4) is 0 Å². The van der Waals surface area contributed by atoms with Gasteiger partial charge in [0.25, 0.3) is 5.56 Å². The van der Waals surface area contributed by atoms with Crippen molar-refractivity contribution in [3.8, 4) is 0 Å². The zero-order valence-corrected chi connectivity index (χ0v) is 6.77. The Morgan fingerprint density at radius 1 is 1.33 bits per heavy atom. The van der Waals surface area contributed by atoms with Gasteiger partial charge < -0.3 is 5.73 Å². The molecule has 0 aliphatic rings. The molecule has 0 spiro atoms. The molecular weight excluding hydrogens is 178 g/mol. The van der Waals surface area contributed by atoms with Gasteiger partial charge in [0.2, 0.25) is 0 Å². The lowest BCUT2D eigenvalue weighted by Gasteiger charge is -1.94. The van der Waals surface area contributed by atoms with E-state index in [4.69, 9.17) is 17.3 Å². The van der Waals surface area contributed by atoms with Crippen LogP contribution in [0.2, 0.25) is 5.02 Å². The summed E-state index contributed by atoms with van der Waals surface area (Å²) >= 11 is 5.71. The van der Waals surface area contributed by atoms with Crippen LogP contribution in [-0.4, -0.2) is 10.2 Å². The number of benzene rings is 1. The van der Waals surface area contributed by atoms with E-state index in [0.29, 0.717) is 21.6 Å². The predicted octanol–water partition coefficient (Wildman–Crippen LogP) is 1.09. The minimum atomic E-state index is -0.209. The second-order valence-corrected chi connectivity index (χ2v) is 2.93. The SMILES string of the molecule is Nc1cc(Cl)cc2c(=O)[nH][nH]c12.